The molecule has 0 saturated carbocycles. The first-order valence-corrected chi connectivity index (χ1v) is 21.5. The molecular formula is C44H46Cl5F3N8O8. The Hall–Kier alpha value is -5.70. The predicted molar refractivity (Wildman–Crippen MR) is 258 cm³/mol. The number of nitrogen functional groups attached to an aromatic ring is 1. The number of fused-ring (bicyclic) bond motifs is 2. The van der Waals surface area contributed by atoms with Crippen molar-refractivity contribution in [3.05, 3.63) is 98.6 Å². The monoisotopic (exact) mass is 1050 g/mol. The third-order valence-electron chi connectivity index (χ3n) is 8.99. The van der Waals surface area contributed by atoms with E-state index in [-0.39, 0.29) is 25.7 Å². The number of methoxy groups -OCH3 is 2. The molecule has 0 bridgehead atoms. The number of amides is 1. The minimum atomic E-state index is -5.08. The second kappa shape index (κ2) is 24.0. The molecule has 2 aromatic heterocycles. The number of benzene rings is 4. The van der Waals surface area contributed by atoms with Crippen LogP contribution in [-0.2, 0) is 9.53 Å². The summed E-state index contributed by atoms with van der Waals surface area (Å²) in [5.41, 5.74) is 7.70. The van der Waals surface area contributed by atoms with Crippen LogP contribution in [0.4, 0.5) is 35.2 Å². The van der Waals surface area contributed by atoms with Crippen molar-refractivity contribution in [2.24, 2.45) is 0 Å². The number of ether oxygens (including phenoxy) is 5. The van der Waals surface area contributed by atoms with E-state index in [2.05, 4.69) is 30.6 Å². The zero-order valence-corrected chi connectivity index (χ0v) is 39.8. The molecule has 16 nitrogen and oxygen atoms in total. The van der Waals surface area contributed by atoms with E-state index >= 15 is 0 Å². The summed E-state index contributed by atoms with van der Waals surface area (Å²) in [4.78, 5) is 39.3. The SMILES string of the molecule is C.COc1cc2ncnc(Cl)c2cc1OC1CN(C(=O)OC(C)(C)C)C1.COc1cc2ncnc(Nc3ccc(Cl)c(Cl)c3)c2cc1OC1CNC1.Nc1ccc(Cl)c(Cl)c1.O=C(O)C(F)(F)F. The highest BCUT2D eigenvalue weighted by Crippen LogP contribution is 2.37. The molecule has 0 radical (unpaired) electrons. The molecular weight excluding hydrogens is 1000 g/mol. The first-order valence-electron chi connectivity index (χ1n) is 19.6. The molecule has 6 aromatic rings. The van der Waals surface area contributed by atoms with Gasteiger partial charge in [0.25, 0.3) is 0 Å². The van der Waals surface area contributed by atoms with E-state index in [0.717, 1.165) is 29.7 Å². The maximum atomic E-state index is 12.0. The summed E-state index contributed by atoms with van der Waals surface area (Å²) in [6.07, 6.45) is -2.53. The largest absolute Gasteiger partial charge is 0.493 e. The van der Waals surface area contributed by atoms with Gasteiger partial charge in [0.1, 0.15) is 41.4 Å². The Bertz CT molecular complexity index is 2710. The number of rotatable bonds is 8. The van der Waals surface area contributed by atoms with E-state index in [0.29, 0.717) is 83.7 Å². The van der Waals surface area contributed by atoms with Crippen LogP contribution in [0.2, 0.25) is 25.2 Å². The number of carbonyl (C=O) groups is 2. The zero-order chi connectivity index (χ0) is 49.2. The van der Waals surface area contributed by atoms with E-state index in [1.165, 1.54) is 12.7 Å². The molecule has 5 N–H and O–H groups in total. The number of carbonyl (C=O) groups excluding carboxylic acids is 1. The average molecular weight is 1050 g/mol. The molecule has 0 atom stereocenters. The molecule has 0 spiro atoms. The fourth-order valence-corrected chi connectivity index (χ4v) is 6.41. The Morgan fingerprint density at radius 2 is 1.25 bits per heavy atom. The van der Waals surface area contributed by atoms with E-state index in [1.54, 1.807) is 61.6 Å². The van der Waals surface area contributed by atoms with Crippen molar-refractivity contribution in [1.29, 1.82) is 0 Å². The molecule has 2 saturated heterocycles. The van der Waals surface area contributed by atoms with Crippen LogP contribution >= 0.6 is 58.0 Å². The van der Waals surface area contributed by atoms with Crippen molar-refractivity contribution < 1.29 is 51.6 Å². The minimum absolute atomic E-state index is 0. The highest BCUT2D eigenvalue weighted by Gasteiger charge is 2.38. The number of likely N-dealkylation sites (tertiary alicyclic amines) is 1. The molecule has 2 aliphatic heterocycles. The number of carboxylic acid groups (broad SMARTS) is 1. The van der Waals surface area contributed by atoms with Gasteiger partial charge in [-0.05, 0) is 69.3 Å². The Morgan fingerprint density at radius 1 is 0.735 bits per heavy atom. The number of hydrogen-bond donors (Lipinski definition) is 4. The summed E-state index contributed by atoms with van der Waals surface area (Å²) in [7, 11) is 3.17. The van der Waals surface area contributed by atoms with Gasteiger partial charge in [-0.3, -0.25) is 0 Å². The summed E-state index contributed by atoms with van der Waals surface area (Å²) in [5, 5.41) is 17.4. The van der Waals surface area contributed by atoms with Crippen LogP contribution in [0.25, 0.3) is 21.8 Å². The first-order chi connectivity index (χ1) is 31.5. The molecule has 2 aliphatic rings. The standard InChI is InChI=1S/C18H16Cl2N4O2.C17H20ClN3O4.C6H5Cl2N.C2HF3O2.CH4/c1-25-16-6-15-12(5-17(16)26-11-7-21-8-11)18(23-9-22-15)24-10-2-3-13(19)14(20)4-10;1-17(2,3)25-16(22)21-7-10(8-21)24-14-5-11-12(6-13(14)23-4)19-9-20-15(11)18;7-5-2-1-4(9)3-6(5)8;3-2(4,5)1(6)7;/h2-6,9,11,21H,7-8H2,1H3,(H,22,23,24);5-6,9-10H,7-8H2,1-4H3;1-3H,9H2;(H,6,7);1H4. The van der Waals surface area contributed by atoms with Crippen molar-refractivity contribution in [3.8, 4) is 23.0 Å². The number of nitrogens with one attached hydrogen (secondary N) is 2. The second-order valence-electron chi connectivity index (χ2n) is 15.2. The first kappa shape index (κ1) is 54.9. The van der Waals surface area contributed by atoms with Crippen LogP contribution in [0.1, 0.15) is 28.2 Å². The number of nitrogens with two attached hydrogens (primary N) is 1. The van der Waals surface area contributed by atoms with Crippen LogP contribution in [0, 0.1) is 0 Å². The fraction of sp³-hybridized carbons (Fsp3) is 0.318. The molecule has 1 amide bonds. The van der Waals surface area contributed by atoms with Gasteiger partial charge in [0.2, 0.25) is 0 Å². The summed E-state index contributed by atoms with van der Waals surface area (Å²) in [6.45, 7) is 8.06. The zero-order valence-electron chi connectivity index (χ0n) is 36.1. The van der Waals surface area contributed by atoms with Gasteiger partial charge < -0.3 is 50.1 Å². The Morgan fingerprint density at radius 3 is 1.74 bits per heavy atom. The van der Waals surface area contributed by atoms with Crippen LogP contribution in [0.15, 0.2) is 73.3 Å². The van der Waals surface area contributed by atoms with Gasteiger partial charge in [-0.15, -0.1) is 0 Å². The maximum Gasteiger partial charge on any atom is 0.490 e. The van der Waals surface area contributed by atoms with Crippen molar-refractivity contribution in [2.75, 3.05) is 51.4 Å². The van der Waals surface area contributed by atoms with E-state index in [4.69, 9.17) is 97.3 Å². The number of nitrogens with zero attached hydrogens (tertiary/aromatic N) is 5. The highest BCUT2D eigenvalue weighted by atomic mass is 35.5. The molecule has 24 heteroatoms. The van der Waals surface area contributed by atoms with E-state index in [9.17, 15) is 18.0 Å². The summed E-state index contributed by atoms with van der Waals surface area (Å²) >= 11 is 29.4. The van der Waals surface area contributed by atoms with Gasteiger partial charge in [-0.25, -0.2) is 29.5 Å². The van der Waals surface area contributed by atoms with Gasteiger partial charge in [0, 0.05) is 47.4 Å². The molecule has 8 rings (SSSR count). The van der Waals surface area contributed by atoms with Crippen LogP contribution in [0.5, 0.6) is 23.0 Å². The summed E-state index contributed by atoms with van der Waals surface area (Å²) in [6, 6.07) is 17.6. The van der Waals surface area contributed by atoms with Crippen molar-refractivity contribution in [3.63, 3.8) is 0 Å². The molecule has 4 heterocycles. The molecule has 0 unspecified atom stereocenters. The third kappa shape index (κ3) is 15.4. The quantitative estimate of drug-likeness (QED) is 0.0826. The Balaban J connectivity index is 0.000000223. The second-order valence-corrected chi connectivity index (χ2v) is 17.2. The fourth-order valence-electron chi connectivity index (χ4n) is 5.62. The van der Waals surface area contributed by atoms with E-state index < -0.39 is 17.7 Å². The number of hydrogen-bond acceptors (Lipinski definition) is 14. The van der Waals surface area contributed by atoms with Crippen LogP contribution in [-0.4, -0.2) is 106 Å². The minimum Gasteiger partial charge on any atom is -0.493 e. The summed E-state index contributed by atoms with van der Waals surface area (Å²) < 4.78 is 59.9. The Labute approximate surface area is 414 Å². The number of carboxylic acids is 1. The molecule has 2 fully saturated rings. The van der Waals surface area contributed by atoms with Gasteiger partial charge in [-0.1, -0.05) is 65.4 Å². The summed E-state index contributed by atoms with van der Waals surface area (Å²) in [5.74, 6) is 0.292. The predicted octanol–water partition coefficient (Wildman–Crippen LogP) is 11.2. The lowest BCUT2D eigenvalue weighted by molar-refractivity contribution is -0.192. The number of aromatic nitrogens is 4. The van der Waals surface area contributed by atoms with Crippen molar-refractivity contribution >= 4 is 109 Å². The van der Waals surface area contributed by atoms with Gasteiger partial charge in [0.05, 0.1) is 58.4 Å². The lowest BCUT2D eigenvalue weighted by atomic mass is 10.1. The number of anilines is 3. The van der Waals surface area contributed by atoms with Crippen LogP contribution in [0.3, 0.4) is 0 Å². The van der Waals surface area contributed by atoms with Crippen LogP contribution < -0.4 is 35.3 Å². The number of alkyl halides is 3. The topological polar surface area (TPSA) is 205 Å². The van der Waals surface area contributed by atoms with E-state index in [1.807, 2.05) is 39.0 Å². The van der Waals surface area contributed by atoms with Gasteiger partial charge >= 0.3 is 18.2 Å². The highest BCUT2D eigenvalue weighted by molar-refractivity contribution is 6.42. The van der Waals surface area contributed by atoms with Gasteiger partial charge in [0.15, 0.2) is 23.0 Å². The van der Waals surface area contributed by atoms with Gasteiger partial charge in [-0.2, -0.15) is 13.2 Å². The number of aliphatic carboxylic acids is 1. The lowest BCUT2D eigenvalue weighted by Crippen LogP contribution is -2.57. The maximum absolute atomic E-state index is 12.0. The normalized spacial score (nSPS) is 13.3. The lowest BCUT2D eigenvalue weighted by Gasteiger charge is -2.39. The van der Waals surface area contributed by atoms with Crippen molar-refractivity contribution in [2.45, 2.75) is 52.2 Å². The smallest absolute Gasteiger partial charge is 0.490 e. The average Bonchev–Trinajstić information content (AvgIpc) is 3.22. The van der Waals surface area contributed by atoms with Crippen molar-refractivity contribution in [1.82, 2.24) is 30.2 Å². The molecule has 4 aromatic carbocycles. The molecule has 366 valence electrons. The number of halogens is 8. The molecule has 68 heavy (non-hydrogen) atoms. The Kier molecular flexibility index (Phi) is 19.4. The molecule has 0 aliphatic carbocycles. The third-order valence-corrected chi connectivity index (χ3v) is 10.8.